The summed E-state index contributed by atoms with van der Waals surface area (Å²) in [6, 6.07) is 7.76. The minimum atomic E-state index is 0.0482. The Labute approximate surface area is 102 Å². The van der Waals surface area contributed by atoms with Gasteiger partial charge >= 0.3 is 0 Å². The summed E-state index contributed by atoms with van der Waals surface area (Å²) < 4.78 is 5.33. The second-order valence-corrected chi connectivity index (χ2v) is 4.32. The van der Waals surface area contributed by atoms with Crippen molar-refractivity contribution in [2.45, 2.75) is 0 Å². The molecule has 4 heteroatoms. The van der Waals surface area contributed by atoms with Crippen LogP contribution in [0.3, 0.4) is 0 Å². The van der Waals surface area contributed by atoms with Crippen LogP contribution in [0, 0.1) is 0 Å². The molecule has 0 aliphatic carbocycles. The van der Waals surface area contributed by atoms with E-state index in [4.69, 9.17) is 4.74 Å². The lowest BCUT2D eigenvalue weighted by molar-refractivity contribution is 0.0826. The second-order valence-electron chi connectivity index (χ2n) is 4.32. The van der Waals surface area contributed by atoms with E-state index in [1.54, 1.807) is 19.0 Å². The van der Waals surface area contributed by atoms with Crippen LogP contribution >= 0.6 is 0 Å². The highest BCUT2D eigenvalue weighted by Crippen LogP contribution is 2.22. The number of benzene rings is 1. The number of para-hydroxylation sites is 1. The average molecular weight is 234 g/mol. The fourth-order valence-corrected chi connectivity index (χ4v) is 1.98. The smallest absolute Gasteiger partial charge is 0.255 e. The maximum absolute atomic E-state index is 12.1. The van der Waals surface area contributed by atoms with Crippen LogP contribution < -0.4 is 4.90 Å². The molecule has 4 nitrogen and oxygen atoms in total. The molecule has 1 aromatic carbocycles. The summed E-state index contributed by atoms with van der Waals surface area (Å²) >= 11 is 0. The maximum Gasteiger partial charge on any atom is 0.255 e. The summed E-state index contributed by atoms with van der Waals surface area (Å²) in [6.07, 6.45) is 0. The Hall–Kier alpha value is -1.55. The molecule has 92 valence electrons. The molecule has 0 atom stereocenters. The number of anilines is 1. The van der Waals surface area contributed by atoms with Gasteiger partial charge in [-0.25, -0.2) is 0 Å². The van der Waals surface area contributed by atoms with Gasteiger partial charge in [-0.2, -0.15) is 0 Å². The predicted molar refractivity (Wildman–Crippen MR) is 67.5 cm³/mol. The van der Waals surface area contributed by atoms with Crippen LogP contribution in [-0.2, 0) is 4.74 Å². The van der Waals surface area contributed by atoms with Crippen molar-refractivity contribution in [3.05, 3.63) is 29.8 Å². The molecule has 2 rings (SSSR count). The van der Waals surface area contributed by atoms with Crippen molar-refractivity contribution in [1.82, 2.24) is 4.90 Å². The lowest BCUT2D eigenvalue weighted by Crippen LogP contribution is -2.37. The molecule has 1 saturated heterocycles. The summed E-state index contributed by atoms with van der Waals surface area (Å²) in [7, 11) is 3.55. The Morgan fingerprint density at radius 2 is 1.88 bits per heavy atom. The number of nitrogens with zero attached hydrogens (tertiary/aromatic N) is 2. The van der Waals surface area contributed by atoms with Gasteiger partial charge in [0.15, 0.2) is 0 Å². The van der Waals surface area contributed by atoms with E-state index in [0.717, 1.165) is 37.6 Å². The molecular weight excluding hydrogens is 216 g/mol. The third-order valence-electron chi connectivity index (χ3n) is 2.89. The molecule has 1 amide bonds. The normalized spacial score (nSPS) is 15.8. The first-order valence-electron chi connectivity index (χ1n) is 5.83. The number of rotatable bonds is 2. The van der Waals surface area contributed by atoms with Crippen molar-refractivity contribution >= 4 is 11.6 Å². The van der Waals surface area contributed by atoms with Gasteiger partial charge in [0.25, 0.3) is 5.91 Å². The Bertz CT molecular complexity index is 398. The minimum Gasteiger partial charge on any atom is -0.378 e. The molecule has 0 N–H and O–H groups in total. The third-order valence-corrected chi connectivity index (χ3v) is 2.89. The summed E-state index contributed by atoms with van der Waals surface area (Å²) in [4.78, 5) is 15.9. The topological polar surface area (TPSA) is 32.8 Å². The standard InChI is InChI=1S/C13H18N2O2/c1-14(2)13(16)11-5-3-4-6-12(11)15-7-9-17-10-8-15/h3-6H,7-10H2,1-2H3. The van der Waals surface area contributed by atoms with Gasteiger partial charge in [-0.15, -0.1) is 0 Å². The fraction of sp³-hybridized carbons (Fsp3) is 0.462. The van der Waals surface area contributed by atoms with E-state index in [-0.39, 0.29) is 5.91 Å². The maximum atomic E-state index is 12.1. The molecule has 17 heavy (non-hydrogen) atoms. The van der Waals surface area contributed by atoms with Crippen molar-refractivity contribution in [3.63, 3.8) is 0 Å². The monoisotopic (exact) mass is 234 g/mol. The van der Waals surface area contributed by atoms with Gasteiger partial charge in [0, 0.05) is 32.9 Å². The van der Waals surface area contributed by atoms with E-state index >= 15 is 0 Å². The van der Waals surface area contributed by atoms with Crippen LogP contribution in [0.5, 0.6) is 0 Å². The van der Waals surface area contributed by atoms with E-state index < -0.39 is 0 Å². The molecule has 1 aromatic rings. The quantitative estimate of drug-likeness (QED) is 0.771. The molecule has 0 bridgehead atoms. The van der Waals surface area contributed by atoms with Crippen LogP contribution in [0.2, 0.25) is 0 Å². The highest BCUT2D eigenvalue weighted by atomic mass is 16.5. The van der Waals surface area contributed by atoms with Gasteiger partial charge in [-0.1, -0.05) is 12.1 Å². The Kier molecular flexibility index (Phi) is 3.64. The third kappa shape index (κ3) is 2.58. The second kappa shape index (κ2) is 5.19. The van der Waals surface area contributed by atoms with Crippen LogP contribution in [0.25, 0.3) is 0 Å². The average Bonchev–Trinajstić information content (AvgIpc) is 2.39. The fourth-order valence-electron chi connectivity index (χ4n) is 1.98. The zero-order valence-corrected chi connectivity index (χ0v) is 10.3. The molecule has 0 unspecified atom stereocenters. The summed E-state index contributed by atoms with van der Waals surface area (Å²) in [5.74, 6) is 0.0482. The minimum absolute atomic E-state index is 0.0482. The number of ether oxygens (including phenoxy) is 1. The first-order chi connectivity index (χ1) is 8.20. The first kappa shape index (κ1) is 11.9. The lowest BCUT2D eigenvalue weighted by Gasteiger charge is -2.30. The van der Waals surface area contributed by atoms with Gasteiger partial charge < -0.3 is 14.5 Å². The molecule has 1 heterocycles. The Morgan fingerprint density at radius 1 is 1.24 bits per heavy atom. The highest BCUT2D eigenvalue weighted by Gasteiger charge is 2.18. The number of hydrogen-bond acceptors (Lipinski definition) is 3. The first-order valence-corrected chi connectivity index (χ1v) is 5.83. The van der Waals surface area contributed by atoms with Crippen molar-refractivity contribution in [2.75, 3.05) is 45.3 Å². The number of hydrogen-bond donors (Lipinski definition) is 0. The number of morpholine rings is 1. The van der Waals surface area contributed by atoms with Crippen molar-refractivity contribution in [3.8, 4) is 0 Å². The van der Waals surface area contributed by atoms with Crippen LogP contribution in [0.1, 0.15) is 10.4 Å². The van der Waals surface area contributed by atoms with Gasteiger partial charge in [0.05, 0.1) is 18.8 Å². The molecule has 1 fully saturated rings. The molecule has 1 aliphatic heterocycles. The molecule has 0 radical (unpaired) electrons. The van der Waals surface area contributed by atoms with Crippen LogP contribution in [0.15, 0.2) is 24.3 Å². The Morgan fingerprint density at radius 3 is 2.53 bits per heavy atom. The van der Waals surface area contributed by atoms with E-state index in [2.05, 4.69) is 4.90 Å². The zero-order valence-electron chi connectivity index (χ0n) is 10.3. The van der Waals surface area contributed by atoms with Gasteiger partial charge in [0.1, 0.15) is 0 Å². The molecular formula is C13H18N2O2. The highest BCUT2D eigenvalue weighted by molar-refractivity contribution is 5.99. The molecule has 0 spiro atoms. The Balaban J connectivity index is 2.29. The lowest BCUT2D eigenvalue weighted by atomic mass is 10.1. The van der Waals surface area contributed by atoms with Gasteiger partial charge in [0.2, 0.25) is 0 Å². The zero-order chi connectivity index (χ0) is 12.3. The number of amides is 1. The van der Waals surface area contributed by atoms with E-state index in [9.17, 15) is 4.79 Å². The van der Waals surface area contributed by atoms with Crippen LogP contribution in [-0.4, -0.2) is 51.2 Å². The summed E-state index contributed by atoms with van der Waals surface area (Å²) in [5, 5.41) is 0. The predicted octanol–water partition coefficient (Wildman–Crippen LogP) is 1.22. The van der Waals surface area contributed by atoms with Crippen LogP contribution in [0.4, 0.5) is 5.69 Å². The largest absolute Gasteiger partial charge is 0.378 e. The SMILES string of the molecule is CN(C)C(=O)c1ccccc1N1CCOCC1. The van der Waals surface area contributed by atoms with Gasteiger partial charge in [-0.05, 0) is 12.1 Å². The van der Waals surface area contributed by atoms with Crippen molar-refractivity contribution in [2.24, 2.45) is 0 Å². The summed E-state index contributed by atoms with van der Waals surface area (Å²) in [6.45, 7) is 3.14. The van der Waals surface area contributed by atoms with Crippen molar-refractivity contribution < 1.29 is 9.53 Å². The van der Waals surface area contributed by atoms with E-state index in [0.29, 0.717) is 0 Å². The van der Waals surface area contributed by atoms with Crippen molar-refractivity contribution in [1.29, 1.82) is 0 Å². The van der Waals surface area contributed by atoms with Gasteiger partial charge in [-0.3, -0.25) is 4.79 Å². The van der Waals surface area contributed by atoms with E-state index in [1.165, 1.54) is 0 Å². The van der Waals surface area contributed by atoms with E-state index in [1.807, 2.05) is 24.3 Å². The summed E-state index contributed by atoms with van der Waals surface area (Å²) in [5.41, 5.74) is 1.77. The number of carbonyl (C=O) groups excluding carboxylic acids is 1. The molecule has 0 aromatic heterocycles. The molecule has 0 saturated carbocycles. The number of carbonyl (C=O) groups is 1. The molecule has 1 aliphatic rings.